The molecule has 2 N–H and O–H groups in total. The smallest absolute Gasteiger partial charge is 0.287 e. The van der Waals surface area contributed by atoms with Gasteiger partial charge in [-0.05, 0) is 43.3 Å². The summed E-state index contributed by atoms with van der Waals surface area (Å²) in [5.41, 5.74) is 7.61. The van der Waals surface area contributed by atoms with Gasteiger partial charge in [-0.15, -0.1) is 5.10 Å². The van der Waals surface area contributed by atoms with Gasteiger partial charge >= 0.3 is 0 Å². The van der Waals surface area contributed by atoms with Gasteiger partial charge in [0.1, 0.15) is 4.99 Å². The number of rotatable bonds is 3. The molecule has 26 heavy (non-hydrogen) atoms. The number of hydrogen-bond donors (Lipinski definition) is 2. The lowest BCUT2D eigenvalue weighted by Crippen LogP contribution is -2.41. The van der Waals surface area contributed by atoms with E-state index in [1.165, 1.54) is 0 Å². The lowest BCUT2D eigenvalue weighted by atomic mass is 10.2. The first-order valence-electron chi connectivity index (χ1n) is 7.50. The predicted molar refractivity (Wildman–Crippen MR) is 108 cm³/mol. The zero-order valence-corrected chi connectivity index (χ0v) is 16.7. The van der Waals surface area contributed by atoms with Crippen molar-refractivity contribution >= 4 is 50.6 Å². The molecule has 0 saturated heterocycles. The van der Waals surface area contributed by atoms with Gasteiger partial charge < -0.3 is 0 Å². The molecule has 0 bridgehead atoms. The van der Waals surface area contributed by atoms with Gasteiger partial charge in [0.15, 0.2) is 5.69 Å². The van der Waals surface area contributed by atoms with E-state index in [4.69, 9.17) is 23.8 Å². The van der Waals surface area contributed by atoms with Gasteiger partial charge in [-0.2, -0.15) is 0 Å². The Morgan fingerprint density at radius 3 is 2.42 bits per heavy atom. The molecule has 9 heteroatoms. The van der Waals surface area contributed by atoms with E-state index in [1.807, 2.05) is 24.3 Å². The zero-order valence-electron chi connectivity index (χ0n) is 13.5. The second-order valence-electron chi connectivity index (χ2n) is 5.33. The molecule has 132 valence electrons. The van der Waals surface area contributed by atoms with Crippen LogP contribution in [0.5, 0.6) is 0 Å². The molecule has 0 aliphatic carbocycles. The number of amides is 1. The number of carbonyl (C=O) groups excluding carboxylic acids is 1. The average Bonchev–Trinajstić information content (AvgIpc) is 3.02. The standard InChI is InChI=1S/C17H13BrClN5OS/c1-10-15(20-23-24(10)14-8-6-13(19)7-9-14)16(25)21-22-17(26)11-2-4-12(18)5-3-11/h2-9H,1H3,(H,21,25)(H,22,26). The highest BCUT2D eigenvalue weighted by Gasteiger charge is 2.17. The number of hydrogen-bond acceptors (Lipinski definition) is 4. The van der Waals surface area contributed by atoms with Crippen molar-refractivity contribution in [2.45, 2.75) is 6.92 Å². The van der Waals surface area contributed by atoms with Crippen molar-refractivity contribution in [1.29, 1.82) is 0 Å². The van der Waals surface area contributed by atoms with E-state index >= 15 is 0 Å². The van der Waals surface area contributed by atoms with Crippen LogP contribution >= 0.6 is 39.7 Å². The number of aromatic nitrogens is 3. The largest absolute Gasteiger partial charge is 0.292 e. The Bertz CT molecular complexity index is 956. The van der Waals surface area contributed by atoms with Crippen LogP contribution in [0.4, 0.5) is 0 Å². The number of hydrazine groups is 1. The summed E-state index contributed by atoms with van der Waals surface area (Å²) in [5, 5.41) is 8.60. The van der Waals surface area contributed by atoms with Crippen LogP contribution in [0, 0.1) is 6.92 Å². The number of thiocarbonyl (C=S) groups is 1. The fourth-order valence-electron chi connectivity index (χ4n) is 2.21. The highest BCUT2D eigenvalue weighted by molar-refractivity contribution is 9.10. The summed E-state index contributed by atoms with van der Waals surface area (Å²) in [4.78, 5) is 12.8. The Balaban J connectivity index is 1.69. The lowest BCUT2D eigenvalue weighted by Gasteiger charge is -2.09. The van der Waals surface area contributed by atoms with E-state index in [9.17, 15) is 4.79 Å². The van der Waals surface area contributed by atoms with Crippen LogP contribution in [-0.2, 0) is 0 Å². The third-order valence-corrected chi connectivity index (χ3v) is 4.70. The maximum absolute atomic E-state index is 12.4. The highest BCUT2D eigenvalue weighted by atomic mass is 79.9. The SMILES string of the molecule is Cc1c(C(=O)NNC(=S)c2ccc(Br)cc2)nnn1-c1ccc(Cl)cc1. The average molecular weight is 451 g/mol. The number of carbonyl (C=O) groups is 1. The summed E-state index contributed by atoms with van der Waals surface area (Å²) in [7, 11) is 0. The monoisotopic (exact) mass is 449 g/mol. The summed E-state index contributed by atoms with van der Waals surface area (Å²) < 4.78 is 2.51. The summed E-state index contributed by atoms with van der Waals surface area (Å²) >= 11 is 14.5. The third kappa shape index (κ3) is 4.09. The van der Waals surface area contributed by atoms with Gasteiger partial charge in [0.2, 0.25) is 0 Å². The van der Waals surface area contributed by atoms with Crippen LogP contribution in [0.25, 0.3) is 5.69 Å². The normalized spacial score (nSPS) is 10.4. The van der Waals surface area contributed by atoms with Crippen molar-refractivity contribution < 1.29 is 4.79 Å². The van der Waals surface area contributed by atoms with Gasteiger partial charge in [0.05, 0.1) is 11.4 Å². The zero-order chi connectivity index (χ0) is 18.7. The van der Waals surface area contributed by atoms with Gasteiger partial charge in [0, 0.05) is 15.1 Å². The van der Waals surface area contributed by atoms with Crippen LogP contribution in [0.15, 0.2) is 53.0 Å². The molecule has 0 fully saturated rings. The van der Waals surface area contributed by atoms with E-state index in [2.05, 4.69) is 37.1 Å². The van der Waals surface area contributed by atoms with E-state index < -0.39 is 5.91 Å². The number of halogens is 2. The first-order chi connectivity index (χ1) is 12.5. The number of nitrogens with one attached hydrogen (secondary N) is 2. The second-order valence-corrected chi connectivity index (χ2v) is 7.09. The summed E-state index contributed by atoms with van der Waals surface area (Å²) in [6.45, 7) is 1.76. The van der Waals surface area contributed by atoms with Crippen LogP contribution in [-0.4, -0.2) is 25.9 Å². The first-order valence-corrected chi connectivity index (χ1v) is 9.08. The Labute approximate surface area is 168 Å². The van der Waals surface area contributed by atoms with Crippen molar-refractivity contribution in [2.24, 2.45) is 0 Å². The maximum Gasteiger partial charge on any atom is 0.292 e. The molecular weight excluding hydrogens is 438 g/mol. The van der Waals surface area contributed by atoms with Gasteiger partial charge in [-0.1, -0.05) is 57.1 Å². The molecular formula is C17H13BrClN5OS. The minimum atomic E-state index is -0.429. The molecule has 0 atom stereocenters. The molecule has 0 unspecified atom stereocenters. The van der Waals surface area contributed by atoms with Crippen LogP contribution in [0.3, 0.4) is 0 Å². The van der Waals surface area contributed by atoms with Crippen molar-refractivity contribution in [1.82, 2.24) is 25.8 Å². The van der Waals surface area contributed by atoms with Gasteiger partial charge in [-0.3, -0.25) is 15.6 Å². The van der Waals surface area contributed by atoms with Crippen molar-refractivity contribution in [3.8, 4) is 5.69 Å². The van der Waals surface area contributed by atoms with Gasteiger partial charge in [0.25, 0.3) is 5.91 Å². The molecule has 0 spiro atoms. The Morgan fingerprint density at radius 2 is 1.77 bits per heavy atom. The van der Waals surface area contributed by atoms with Crippen molar-refractivity contribution in [3.63, 3.8) is 0 Å². The molecule has 1 amide bonds. The predicted octanol–water partition coefficient (Wildman–Crippen LogP) is 3.60. The lowest BCUT2D eigenvalue weighted by molar-refractivity contribution is 0.0938. The molecule has 3 rings (SSSR count). The van der Waals surface area contributed by atoms with Crippen LogP contribution in [0.2, 0.25) is 5.02 Å². The summed E-state index contributed by atoms with van der Waals surface area (Å²) in [6, 6.07) is 14.5. The number of benzene rings is 2. The molecule has 0 radical (unpaired) electrons. The van der Waals surface area contributed by atoms with E-state index in [-0.39, 0.29) is 5.69 Å². The topological polar surface area (TPSA) is 71.8 Å². The molecule has 1 heterocycles. The molecule has 0 aliphatic heterocycles. The third-order valence-electron chi connectivity index (χ3n) is 3.58. The maximum atomic E-state index is 12.4. The Morgan fingerprint density at radius 1 is 1.12 bits per heavy atom. The molecule has 1 aromatic heterocycles. The highest BCUT2D eigenvalue weighted by Crippen LogP contribution is 2.15. The van der Waals surface area contributed by atoms with E-state index in [0.29, 0.717) is 15.7 Å². The minimum Gasteiger partial charge on any atom is -0.287 e. The minimum absolute atomic E-state index is 0.200. The molecule has 6 nitrogen and oxygen atoms in total. The molecule has 0 saturated carbocycles. The summed E-state index contributed by atoms with van der Waals surface area (Å²) in [6.07, 6.45) is 0. The molecule has 0 aliphatic rings. The van der Waals surface area contributed by atoms with Gasteiger partial charge in [-0.25, -0.2) is 4.68 Å². The van der Waals surface area contributed by atoms with Crippen molar-refractivity contribution in [3.05, 3.63) is 75.0 Å². The van der Waals surface area contributed by atoms with Crippen LogP contribution < -0.4 is 10.9 Å². The van der Waals surface area contributed by atoms with E-state index in [0.717, 1.165) is 15.7 Å². The molecule has 2 aromatic carbocycles. The quantitative estimate of drug-likeness (QED) is 0.471. The fourth-order valence-corrected chi connectivity index (χ4v) is 2.79. The summed E-state index contributed by atoms with van der Waals surface area (Å²) in [5.74, 6) is -0.429. The van der Waals surface area contributed by atoms with Crippen LogP contribution in [0.1, 0.15) is 21.7 Å². The fraction of sp³-hybridized carbons (Fsp3) is 0.0588. The van der Waals surface area contributed by atoms with E-state index in [1.54, 1.807) is 35.9 Å². The first kappa shape index (κ1) is 18.5. The van der Waals surface area contributed by atoms with Crippen molar-refractivity contribution in [2.75, 3.05) is 0 Å². The number of nitrogens with zero attached hydrogens (tertiary/aromatic N) is 3. The Kier molecular flexibility index (Phi) is 5.65. The second kappa shape index (κ2) is 7.94. The Hall–Kier alpha value is -2.29. The molecule has 3 aromatic rings.